The zero-order valence-corrected chi connectivity index (χ0v) is 10.7. The largest absolute Gasteiger partial charge is 0.385 e. The highest BCUT2D eigenvalue weighted by atomic mass is 32.2. The van der Waals surface area contributed by atoms with Crippen molar-refractivity contribution >= 4 is 11.8 Å². The molecule has 1 aromatic carbocycles. The lowest BCUT2D eigenvalue weighted by Crippen LogP contribution is -2.28. The lowest BCUT2D eigenvalue weighted by molar-refractivity contribution is -0.000804. The molecular weight excluding hydrogens is 216 g/mol. The summed E-state index contributed by atoms with van der Waals surface area (Å²) in [6.45, 7) is 2.16. The summed E-state index contributed by atoms with van der Waals surface area (Å²) in [7, 11) is 0. The molecule has 1 aromatic rings. The van der Waals surface area contributed by atoms with E-state index < -0.39 is 5.60 Å². The number of aliphatic hydroxyl groups is 1. The van der Waals surface area contributed by atoms with Gasteiger partial charge >= 0.3 is 0 Å². The van der Waals surface area contributed by atoms with E-state index in [1.165, 1.54) is 11.3 Å². The highest BCUT2D eigenvalue weighted by Crippen LogP contribution is 2.37. The normalized spacial score (nSPS) is 19.6. The highest BCUT2D eigenvalue weighted by molar-refractivity contribution is 7.99. The van der Waals surface area contributed by atoms with Gasteiger partial charge in [-0.25, -0.2) is 0 Å². The van der Waals surface area contributed by atoms with Crippen LogP contribution in [-0.4, -0.2) is 10.9 Å². The number of hydrogen-bond acceptors (Lipinski definition) is 2. The van der Waals surface area contributed by atoms with E-state index >= 15 is 0 Å². The van der Waals surface area contributed by atoms with Crippen LogP contribution < -0.4 is 0 Å². The molecule has 0 spiro atoms. The molecule has 1 aliphatic carbocycles. The molecule has 2 heteroatoms. The van der Waals surface area contributed by atoms with E-state index in [-0.39, 0.29) is 0 Å². The van der Waals surface area contributed by atoms with Crippen molar-refractivity contribution < 1.29 is 5.11 Å². The van der Waals surface area contributed by atoms with Crippen molar-refractivity contribution in [3.8, 4) is 0 Å². The first-order valence-corrected chi connectivity index (χ1v) is 7.19. The molecule has 88 valence electrons. The fourth-order valence-electron chi connectivity index (χ4n) is 2.47. The van der Waals surface area contributed by atoms with Crippen LogP contribution in [0.3, 0.4) is 0 Å². The lowest BCUT2D eigenvalue weighted by atomic mass is 9.80. The summed E-state index contributed by atoms with van der Waals surface area (Å²) < 4.78 is 0. The van der Waals surface area contributed by atoms with Crippen LogP contribution in [-0.2, 0) is 5.60 Å². The van der Waals surface area contributed by atoms with Crippen LogP contribution in [0.25, 0.3) is 0 Å². The van der Waals surface area contributed by atoms with E-state index in [0.29, 0.717) is 0 Å². The van der Waals surface area contributed by atoms with E-state index in [0.717, 1.165) is 37.0 Å². The summed E-state index contributed by atoms with van der Waals surface area (Å²) in [6, 6.07) is 8.44. The molecule has 0 aromatic heterocycles. The quantitative estimate of drug-likeness (QED) is 0.802. The molecule has 1 saturated carbocycles. The van der Waals surface area contributed by atoms with E-state index in [1.807, 2.05) is 11.8 Å². The summed E-state index contributed by atoms with van der Waals surface area (Å²) in [4.78, 5) is 1.28. The molecule has 1 N–H and O–H groups in total. The third-order valence-corrected chi connectivity index (χ3v) is 4.24. The molecular formula is C14H20OS. The van der Waals surface area contributed by atoms with Gasteiger partial charge in [0, 0.05) is 4.90 Å². The van der Waals surface area contributed by atoms with Crippen LogP contribution in [0.15, 0.2) is 29.2 Å². The predicted molar refractivity (Wildman–Crippen MR) is 69.8 cm³/mol. The smallest absolute Gasteiger partial charge is 0.0897 e. The van der Waals surface area contributed by atoms with Gasteiger partial charge in [-0.3, -0.25) is 0 Å². The van der Waals surface area contributed by atoms with E-state index in [2.05, 4.69) is 31.2 Å². The number of hydrogen-bond donors (Lipinski definition) is 1. The van der Waals surface area contributed by atoms with Crippen LogP contribution in [0.4, 0.5) is 0 Å². The fourth-order valence-corrected chi connectivity index (χ4v) is 3.19. The molecule has 0 heterocycles. The van der Waals surface area contributed by atoms with E-state index in [1.54, 1.807) is 0 Å². The summed E-state index contributed by atoms with van der Waals surface area (Å²) in [5, 5.41) is 10.6. The minimum atomic E-state index is -0.553. The molecule has 0 amide bonds. The molecule has 16 heavy (non-hydrogen) atoms. The molecule has 0 saturated heterocycles. The lowest BCUT2D eigenvalue weighted by Gasteiger charge is -2.32. The van der Waals surface area contributed by atoms with Gasteiger partial charge in [-0.15, -0.1) is 11.8 Å². The third kappa shape index (κ3) is 2.61. The monoisotopic (exact) mass is 236 g/mol. The Morgan fingerprint density at radius 1 is 1.25 bits per heavy atom. The minimum absolute atomic E-state index is 0.553. The Morgan fingerprint density at radius 3 is 2.69 bits per heavy atom. The third-order valence-electron chi connectivity index (χ3n) is 3.36. The maximum atomic E-state index is 10.6. The first-order valence-electron chi connectivity index (χ1n) is 6.20. The minimum Gasteiger partial charge on any atom is -0.385 e. The summed E-state index contributed by atoms with van der Waals surface area (Å²) >= 11 is 1.84. The van der Waals surface area contributed by atoms with Crippen LogP contribution in [0.1, 0.15) is 44.6 Å². The Hall–Kier alpha value is -0.470. The Bertz CT molecular complexity index is 342. The second-order valence-corrected chi connectivity index (χ2v) is 5.89. The SMILES string of the molecule is CCSc1cccc(C2(O)CCCCC2)c1. The molecule has 0 bridgehead atoms. The van der Waals surface area contributed by atoms with Gasteiger partial charge in [0.15, 0.2) is 0 Å². The van der Waals surface area contributed by atoms with E-state index in [9.17, 15) is 5.11 Å². The zero-order chi connectivity index (χ0) is 11.4. The second-order valence-electron chi connectivity index (χ2n) is 4.55. The summed E-state index contributed by atoms with van der Waals surface area (Å²) in [6.07, 6.45) is 5.43. The zero-order valence-electron chi connectivity index (χ0n) is 9.91. The van der Waals surface area contributed by atoms with Gasteiger partial charge in [0.1, 0.15) is 0 Å². The van der Waals surface area contributed by atoms with Gasteiger partial charge in [-0.05, 0) is 36.3 Å². The van der Waals surface area contributed by atoms with Crippen molar-refractivity contribution in [2.75, 3.05) is 5.75 Å². The van der Waals surface area contributed by atoms with Gasteiger partial charge in [0.2, 0.25) is 0 Å². The van der Waals surface area contributed by atoms with Gasteiger partial charge in [0.05, 0.1) is 5.60 Å². The van der Waals surface area contributed by atoms with Crippen LogP contribution in [0.5, 0.6) is 0 Å². The molecule has 0 unspecified atom stereocenters. The Balaban J connectivity index is 2.21. The van der Waals surface area contributed by atoms with Crippen LogP contribution >= 0.6 is 11.8 Å². The predicted octanol–water partition coefficient (Wildman–Crippen LogP) is 3.95. The molecule has 1 fully saturated rings. The number of benzene rings is 1. The Labute approximate surface area is 102 Å². The van der Waals surface area contributed by atoms with Crippen LogP contribution in [0, 0.1) is 0 Å². The molecule has 2 rings (SSSR count). The van der Waals surface area contributed by atoms with Gasteiger partial charge in [-0.1, -0.05) is 38.3 Å². The molecule has 0 radical (unpaired) electrons. The second kappa shape index (κ2) is 5.24. The molecule has 1 aliphatic rings. The van der Waals surface area contributed by atoms with Crippen molar-refractivity contribution in [3.05, 3.63) is 29.8 Å². The maximum absolute atomic E-state index is 10.6. The number of thioether (sulfide) groups is 1. The molecule has 0 aliphatic heterocycles. The van der Waals surface area contributed by atoms with Crippen molar-refractivity contribution in [2.24, 2.45) is 0 Å². The first-order chi connectivity index (χ1) is 7.74. The topological polar surface area (TPSA) is 20.2 Å². The van der Waals surface area contributed by atoms with Crippen molar-refractivity contribution in [1.29, 1.82) is 0 Å². The van der Waals surface area contributed by atoms with Crippen molar-refractivity contribution in [3.63, 3.8) is 0 Å². The fraction of sp³-hybridized carbons (Fsp3) is 0.571. The van der Waals surface area contributed by atoms with Gasteiger partial charge in [0.25, 0.3) is 0 Å². The van der Waals surface area contributed by atoms with Gasteiger partial charge < -0.3 is 5.11 Å². The van der Waals surface area contributed by atoms with Crippen molar-refractivity contribution in [1.82, 2.24) is 0 Å². The van der Waals surface area contributed by atoms with Crippen molar-refractivity contribution in [2.45, 2.75) is 49.5 Å². The first kappa shape index (κ1) is 12.0. The Kier molecular flexibility index (Phi) is 3.93. The summed E-state index contributed by atoms with van der Waals surface area (Å²) in [5.41, 5.74) is 0.563. The Morgan fingerprint density at radius 2 is 2.00 bits per heavy atom. The summed E-state index contributed by atoms with van der Waals surface area (Å²) in [5.74, 6) is 1.09. The molecule has 1 nitrogen and oxygen atoms in total. The number of rotatable bonds is 3. The van der Waals surface area contributed by atoms with E-state index in [4.69, 9.17) is 0 Å². The molecule has 0 atom stereocenters. The average Bonchev–Trinajstić information content (AvgIpc) is 2.31. The average molecular weight is 236 g/mol. The van der Waals surface area contributed by atoms with Crippen LogP contribution in [0.2, 0.25) is 0 Å². The maximum Gasteiger partial charge on any atom is 0.0897 e. The highest BCUT2D eigenvalue weighted by Gasteiger charge is 2.30. The standard InChI is InChI=1S/C14H20OS/c1-2-16-13-8-6-7-12(11-13)14(15)9-4-3-5-10-14/h6-8,11,15H,2-5,9-10H2,1H3. The van der Waals surface area contributed by atoms with Gasteiger partial charge in [-0.2, -0.15) is 0 Å².